The van der Waals surface area contributed by atoms with Gasteiger partial charge in [0.25, 0.3) is 0 Å². The van der Waals surface area contributed by atoms with E-state index >= 15 is 0 Å². The Labute approximate surface area is 100 Å². The predicted molar refractivity (Wildman–Crippen MR) is 64.0 cm³/mol. The highest BCUT2D eigenvalue weighted by Crippen LogP contribution is 2.32. The molecule has 1 aliphatic carbocycles. The molecular weight excluding hydrogens is 218 g/mol. The molecule has 1 saturated carbocycles. The lowest BCUT2D eigenvalue weighted by molar-refractivity contribution is -0.136. The largest absolute Gasteiger partial charge is 0.492 e. The Bertz CT molecular complexity index is 396. The van der Waals surface area contributed by atoms with E-state index in [4.69, 9.17) is 15.6 Å². The molecule has 0 spiro atoms. The summed E-state index contributed by atoms with van der Waals surface area (Å²) in [7, 11) is 0. The van der Waals surface area contributed by atoms with Crippen molar-refractivity contribution in [1.82, 2.24) is 0 Å². The van der Waals surface area contributed by atoms with Gasteiger partial charge in [0.15, 0.2) is 0 Å². The monoisotopic (exact) mass is 235 g/mol. The Hall–Kier alpha value is -1.55. The second kappa shape index (κ2) is 4.75. The molecule has 0 radical (unpaired) electrons. The van der Waals surface area contributed by atoms with Crippen LogP contribution in [-0.2, 0) is 11.2 Å². The van der Waals surface area contributed by atoms with E-state index in [0.717, 1.165) is 24.2 Å². The molecule has 1 aromatic carbocycles. The van der Waals surface area contributed by atoms with Crippen LogP contribution in [0.25, 0.3) is 0 Å². The Morgan fingerprint density at radius 3 is 2.53 bits per heavy atom. The zero-order valence-corrected chi connectivity index (χ0v) is 9.69. The van der Waals surface area contributed by atoms with Crippen molar-refractivity contribution in [3.8, 4) is 5.75 Å². The molecule has 2 rings (SSSR count). The van der Waals surface area contributed by atoms with Crippen LogP contribution in [0.5, 0.6) is 5.75 Å². The molecule has 1 aliphatic rings. The van der Waals surface area contributed by atoms with Crippen molar-refractivity contribution < 1.29 is 14.6 Å². The summed E-state index contributed by atoms with van der Waals surface area (Å²) in [5.74, 6) is 0.0185. The standard InChI is InChI=1S/C13H17NO3/c14-13(7-8-13)9-17-11-4-1-10(2-5-11)3-6-12(15)16/h1-2,4-5H,3,6-9,14H2,(H,15,16). The van der Waals surface area contributed by atoms with Crippen molar-refractivity contribution in [3.63, 3.8) is 0 Å². The van der Waals surface area contributed by atoms with Crippen LogP contribution in [0.15, 0.2) is 24.3 Å². The van der Waals surface area contributed by atoms with Gasteiger partial charge in [0.1, 0.15) is 12.4 Å². The van der Waals surface area contributed by atoms with Crippen LogP contribution in [0.1, 0.15) is 24.8 Å². The van der Waals surface area contributed by atoms with Gasteiger partial charge in [-0.2, -0.15) is 0 Å². The number of carboxylic acid groups (broad SMARTS) is 1. The van der Waals surface area contributed by atoms with Crippen molar-refractivity contribution in [2.75, 3.05) is 6.61 Å². The fraction of sp³-hybridized carbons (Fsp3) is 0.462. The Morgan fingerprint density at radius 1 is 1.35 bits per heavy atom. The van der Waals surface area contributed by atoms with E-state index in [1.165, 1.54) is 0 Å². The molecule has 92 valence electrons. The van der Waals surface area contributed by atoms with Crippen LogP contribution in [-0.4, -0.2) is 23.2 Å². The normalized spacial score (nSPS) is 16.5. The molecule has 0 aliphatic heterocycles. The topological polar surface area (TPSA) is 72.5 Å². The molecule has 3 N–H and O–H groups in total. The number of rotatable bonds is 6. The summed E-state index contributed by atoms with van der Waals surface area (Å²) in [5.41, 5.74) is 6.81. The predicted octanol–water partition coefficient (Wildman–Crippen LogP) is 1.57. The van der Waals surface area contributed by atoms with E-state index in [1.54, 1.807) is 0 Å². The minimum absolute atomic E-state index is 0.109. The van der Waals surface area contributed by atoms with Crippen LogP contribution < -0.4 is 10.5 Å². The van der Waals surface area contributed by atoms with Crippen LogP contribution in [0, 0.1) is 0 Å². The first kappa shape index (κ1) is 11.9. The maximum atomic E-state index is 10.4. The average Bonchev–Trinajstić information content (AvgIpc) is 3.04. The summed E-state index contributed by atoms with van der Waals surface area (Å²) in [6, 6.07) is 7.52. The van der Waals surface area contributed by atoms with Gasteiger partial charge < -0.3 is 15.6 Å². The van der Waals surface area contributed by atoms with E-state index in [9.17, 15) is 4.79 Å². The van der Waals surface area contributed by atoms with E-state index < -0.39 is 5.97 Å². The van der Waals surface area contributed by atoms with Gasteiger partial charge in [0.2, 0.25) is 0 Å². The molecule has 0 unspecified atom stereocenters. The van der Waals surface area contributed by atoms with Crippen LogP contribution in [0.3, 0.4) is 0 Å². The average molecular weight is 235 g/mol. The van der Waals surface area contributed by atoms with Crippen molar-refractivity contribution in [3.05, 3.63) is 29.8 Å². The lowest BCUT2D eigenvalue weighted by atomic mass is 10.1. The molecular formula is C13H17NO3. The van der Waals surface area contributed by atoms with E-state index in [1.807, 2.05) is 24.3 Å². The molecule has 1 fully saturated rings. The number of carbonyl (C=O) groups is 1. The molecule has 0 bridgehead atoms. The quantitative estimate of drug-likeness (QED) is 0.785. The van der Waals surface area contributed by atoms with Crippen molar-refractivity contribution in [2.45, 2.75) is 31.2 Å². The second-order valence-electron chi connectivity index (χ2n) is 4.69. The molecule has 1 aromatic rings. The first-order valence-electron chi connectivity index (χ1n) is 5.80. The highest BCUT2D eigenvalue weighted by molar-refractivity contribution is 5.67. The van der Waals surface area contributed by atoms with Gasteiger partial charge in [0.05, 0.1) is 5.54 Å². The summed E-state index contributed by atoms with van der Waals surface area (Å²) < 4.78 is 5.57. The van der Waals surface area contributed by atoms with Gasteiger partial charge in [-0.05, 0) is 37.0 Å². The third-order valence-corrected chi connectivity index (χ3v) is 2.97. The SMILES string of the molecule is NC1(COc2ccc(CCC(=O)O)cc2)CC1. The van der Waals surface area contributed by atoms with Gasteiger partial charge in [0, 0.05) is 6.42 Å². The fourth-order valence-electron chi connectivity index (χ4n) is 1.54. The summed E-state index contributed by atoms with van der Waals surface area (Å²) in [6.07, 6.45) is 2.77. The van der Waals surface area contributed by atoms with Gasteiger partial charge >= 0.3 is 5.97 Å². The highest BCUT2D eigenvalue weighted by Gasteiger charge is 2.39. The number of aryl methyl sites for hydroxylation is 1. The van der Waals surface area contributed by atoms with Crippen LogP contribution in [0.2, 0.25) is 0 Å². The number of hydrogen-bond acceptors (Lipinski definition) is 3. The molecule has 0 saturated heterocycles. The molecule has 4 heteroatoms. The molecule has 4 nitrogen and oxygen atoms in total. The number of benzene rings is 1. The minimum Gasteiger partial charge on any atom is -0.492 e. The zero-order valence-electron chi connectivity index (χ0n) is 9.69. The molecule has 0 amide bonds. The molecule has 0 aromatic heterocycles. The van der Waals surface area contributed by atoms with Crippen LogP contribution >= 0.6 is 0 Å². The van der Waals surface area contributed by atoms with Crippen molar-refractivity contribution in [1.29, 1.82) is 0 Å². The van der Waals surface area contributed by atoms with Crippen LogP contribution in [0.4, 0.5) is 0 Å². The molecule has 17 heavy (non-hydrogen) atoms. The number of nitrogens with two attached hydrogens (primary N) is 1. The first-order chi connectivity index (χ1) is 8.07. The summed E-state index contributed by atoms with van der Waals surface area (Å²) in [6.45, 7) is 0.557. The smallest absolute Gasteiger partial charge is 0.303 e. The first-order valence-corrected chi connectivity index (χ1v) is 5.80. The molecule has 0 heterocycles. The maximum Gasteiger partial charge on any atom is 0.303 e. The second-order valence-corrected chi connectivity index (χ2v) is 4.69. The number of carboxylic acids is 1. The number of aliphatic carboxylic acids is 1. The summed E-state index contributed by atoms with van der Waals surface area (Å²) >= 11 is 0. The highest BCUT2D eigenvalue weighted by atomic mass is 16.5. The number of ether oxygens (including phenoxy) is 1. The van der Waals surface area contributed by atoms with E-state index in [0.29, 0.717) is 13.0 Å². The third-order valence-electron chi connectivity index (χ3n) is 2.97. The van der Waals surface area contributed by atoms with Gasteiger partial charge in [-0.25, -0.2) is 0 Å². The lowest BCUT2D eigenvalue weighted by Gasteiger charge is -2.11. The number of hydrogen-bond donors (Lipinski definition) is 2. The molecule has 0 atom stereocenters. The fourth-order valence-corrected chi connectivity index (χ4v) is 1.54. The van der Waals surface area contributed by atoms with E-state index in [2.05, 4.69) is 0 Å². The van der Waals surface area contributed by atoms with Gasteiger partial charge in [-0.15, -0.1) is 0 Å². The van der Waals surface area contributed by atoms with E-state index in [-0.39, 0.29) is 12.0 Å². The summed E-state index contributed by atoms with van der Waals surface area (Å²) in [5, 5.41) is 8.57. The van der Waals surface area contributed by atoms with Crippen molar-refractivity contribution >= 4 is 5.97 Å². The Kier molecular flexibility index (Phi) is 3.33. The minimum atomic E-state index is -0.774. The van der Waals surface area contributed by atoms with Gasteiger partial charge in [-0.1, -0.05) is 12.1 Å². The lowest BCUT2D eigenvalue weighted by Crippen LogP contribution is -2.29. The Balaban J connectivity index is 1.82. The summed E-state index contributed by atoms with van der Waals surface area (Å²) in [4.78, 5) is 10.4. The Morgan fingerprint density at radius 2 is 2.00 bits per heavy atom. The maximum absolute atomic E-state index is 10.4. The van der Waals surface area contributed by atoms with Gasteiger partial charge in [-0.3, -0.25) is 4.79 Å². The third kappa shape index (κ3) is 3.75. The van der Waals surface area contributed by atoms with Crippen molar-refractivity contribution in [2.24, 2.45) is 5.73 Å². The zero-order chi connectivity index (χ0) is 12.3.